The van der Waals surface area contributed by atoms with Crippen molar-refractivity contribution in [3.63, 3.8) is 0 Å². The Morgan fingerprint density at radius 2 is 1.83 bits per heavy atom. The molecule has 0 spiro atoms. The van der Waals surface area contributed by atoms with E-state index in [9.17, 15) is 9.59 Å². The van der Waals surface area contributed by atoms with Gasteiger partial charge in [-0.05, 0) is 32.1 Å². The largest absolute Gasteiger partial charge is 0.462 e. The molecular weight excluding hydrogens is 230 g/mol. The third-order valence-electron chi connectivity index (χ3n) is 3.55. The highest BCUT2D eigenvalue weighted by molar-refractivity contribution is 5.83. The highest BCUT2D eigenvalue weighted by Crippen LogP contribution is 2.21. The molecule has 4 heteroatoms. The molecule has 4 nitrogen and oxygen atoms in total. The number of rotatable bonds is 5. The Balaban J connectivity index is 2.39. The summed E-state index contributed by atoms with van der Waals surface area (Å²) in [6.45, 7) is 1.93. The van der Waals surface area contributed by atoms with Gasteiger partial charge in [-0.25, -0.2) is 0 Å². The molecule has 1 aliphatic carbocycles. The van der Waals surface area contributed by atoms with E-state index in [1.807, 2.05) is 6.92 Å². The standard InChI is InChI=1S/C14H25NO3/c1-4-11(14(17)15(2)3)10-13(16)18-12-8-6-5-7-9-12/h11-12H,4-10H2,1-3H3. The maximum absolute atomic E-state index is 11.8. The summed E-state index contributed by atoms with van der Waals surface area (Å²) in [6, 6.07) is 0. The van der Waals surface area contributed by atoms with Gasteiger partial charge in [-0.2, -0.15) is 0 Å². The summed E-state index contributed by atoms with van der Waals surface area (Å²) < 4.78 is 5.44. The molecule has 0 N–H and O–H groups in total. The topological polar surface area (TPSA) is 46.6 Å². The lowest BCUT2D eigenvalue weighted by atomic mass is 9.97. The van der Waals surface area contributed by atoms with Gasteiger partial charge in [-0.15, -0.1) is 0 Å². The molecule has 0 saturated heterocycles. The molecule has 18 heavy (non-hydrogen) atoms. The normalized spacial score (nSPS) is 18.2. The van der Waals surface area contributed by atoms with Crippen LogP contribution in [0.2, 0.25) is 0 Å². The van der Waals surface area contributed by atoms with Crippen LogP contribution in [-0.4, -0.2) is 37.0 Å². The Morgan fingerprint density at radius 3 is 2.33 bits per heavy atom. The van der Waals surface area contributed by atoms with Crippen LogP contribution < -0.4 is 0 Å². The second kappa shape index (κ2) is 7.39. The Kier molecular flexibility index (Phi) is 6.16. The highest BCUT2D eigenvalue weighted by atomic mass is 16.5. The lowest BCUT2D eigenvalue weighted by molar-refractivity contribution is -0.154. The summed E-state index contributed by atoms with van der Waals surface area (Å²) >= 11 is 0. The first-order chi connectivity index (χ1) is 8.54. The monoisotopic (exact) mass is 255 g/mol. The van der Waals surface area contributed by atoms with Crippen molar-refractivity contribution in [2.45, 2.75) is 58.0 Å². The molecule has 0 heterocycles. The van der Waals surface area contributed by atoms with Crippen molar-refractivity contribution in [2.24, 2.45) is 5.92 Å². The molecule has 1 saturated carbocycles. The SMILES string of the molecule is CCC(CC(=O)OC1CCCCC1)C(=O)N(C)C. The fourth-order valence-electron chi connectivity index (χ4n) is 2.39. The van der Waals surface area contributed by atoms with Crippen molar-refractivity contribution in [3.8, 4) is 0 Å². The van der Waals surface area contributed by atoms with Gasteiger partial charge < -0.3 is 9.64 Å². The zero-order valence-electron chi connectivity index (χ0n) is 11.8. The fraction of sp³-hybridized carbons (Fsp3) is 0.857. The summed E-state index contributed by atoms with van der Waals surface area (Å²) in [5, 5.41) is 0. The van der Waals surface area contributed by atoms with Gasteiger partial charge in [0.2, 0.25) is 5.91 Å². The molecule has 1 atom stereocenters. The van der Waals surface area contributed by atoms with E-state index >= 15 is 0 Å². The molecule has 1 rings (SSSR count). The minimum absolute atomic E-state index is 0.0121. The molecule has 1 aliphatic rings. The van der Waals surface area contributed by atoms with E-state index < -0.39 is 0 Å². The number of hydrogen-bond acceptors (Lipinski definition) is 3. The van der Waals surface area contributed by atoms with Crippen molar-refractivity contribution in [1.29, 1.82) is 0 Å². The van der Waals surface area contributed by atoms with E-state index in [1.54, 1.807) is 19.0 Å². The quantitative estimate of drug-likeness (QED) is 0.708. The minimum atomic E-state index is -0.240. The van der Waals surface area contributed by atoms with Crippen molar-refractivity contribution < 1.29 is 14.3 Å². The van der Waals surface area contributed by atoms with Gasteiger partial charge in [0.1, 0.15) is 6.10 Å². The molecule has 0 aromatic heterocycles. The lowest BCUT2D eigenvalue weighted by Gasteiger charge is -2.23. The number of nitrogens with zero attached hydrogens (tertiary/aromatic N) is 1. The molecule has 1 amide bonds. The second-order valence-electron chi connectivity index (χ2n) is 5.29. The van der Waals surface area contributed by atoms with Crippen LogP contribution in [0.15, 0.2) is 0 Å². The van der Waals surface area contributed by atoms with E-state index in [4.69, 9.17) is 4.74 Å². The highest BCUT2D eigenvalue weighted by Gasteiger charge is 2.24. The van der Waals surface area contributed by atoms with Crippen molar-refractivity contribution in [2.75, 3.05) is 14.1 Å². The van der Waals surface area contributed by atoms with Gasteiger partial charge in [0.05, 0.1) is 6.42 Å². The van der Waals surface area contributed by atoms with Crippen LogP contribution in [-0.2, 0) is 14.3 Å². The second-order valence-corrected chi connectivity index (χ2v) is 5.29. The Bertz CT molecular complexity index is 283. The van der Waals surface area contributed by atoms with Crippen LogP contribution in [0.25, 0.3) is 0 Å². The molecule has 0 aromatic carbocycles. The Labute approximate surface area is 110 Å². The molecule has 0 aromatic rings. The van der Waals surface area contributed by atoms with Crippen LogP contribution in [0.1, 0.15) is 51.9 Å². The van der Waals surface area contributed by atoms with Crippen molar-refractivity contribution in [3.05, 3.63) is 0 Å². The molecule has 1 fully saturated rings. The summed E-state index contributed by atoms with van der Waals surface area (Å²) in [5.74, 6) is -0.446. The number of esters is 1. The average molecular weight is 255 g/mol. The summed E-state index contributed by atoms with van der Waals surface area (Å²) in [4.78, 5) is 25.2. The summed E-state index contributed by atoms with van der Waals surface area (Å²) in [6.07, 6.45) is 6.45. The van der Waals surface area contributed by atoms with E-state index in [0.29, 0.717) is 6.42 Å². The number of carbonyl (C=O) groups excluding carboxylic acids is 2. The van der Waals surface area contributed by atoms with Crippen LogP contribution in [0.4, 0.5) is 0 Å². The molecule has 0 aliphatic heterocycles. The minimum Gasteiger partial charge on any atom is -0.462 e. The van der Waals surface area contributed by atoms with E-state index in [-0.39, 0.29) is 30.3 Å². The van der Waals surface area contributed by atoms with Crippen molar-refractivity contribution >= 4 is 11.9 Å². The van der Waals surface area contributed by atoms with Gasteiger partial charge in [0, 0.05) is 20.0 Å². The van der Waals surface area contributed by atoms with Gasteiger partial charge in [-0.3, -0.25) is 9.59 Å². The molecule has 104 valence electrons. The van der Waals surface area contributed by atoms with Crippen LogP contribution in [0, 0.1) is 5.92 Å². The van der Waals surface area contributed by atoms with Crippen LogP contribution in [0.3, 0.4) is 0 Å². The number of amides is 1. The van der Waals surface area contributed by atoms with Gasteiger partial charge in [0.25, 0.3) is 0 Å². The number of hydrogen-bond donors (Lipinski definition) is 0. The van der Waals surface area contributed by atoms with Crippen LogP contribution >= 0.6 is 0 Å². The first-order valence-corrected chi connectivity index (χ1v) is 6.95. The lowest BCUT2D eigenvalue weighted by Crippen LogP contribution is -2.32. The fourth-order valence-corrected chi connectivity index (χ4v) is 2.39. The third kappa shape index (κ3) is 4.67. The third-order valence-corrected chi connectivity index (χ3v) is 3.55. The summed E-state index contributed by atoms with van der Waals surface area (Å²) in [5.41, 5.74) is 0. The van der Waals surface area contributed by atoms with Gasteiger partial charge in [-0.1, -0.05) is 13.3 Å². The molecular formula is C14H25NO3. The Morgan fingerprint density at radius 1 is 1.22 bits per heavy atom. The molecule has 1 unspecified atom stereocenters. The first-order valence-electron chi connectivity index (χ1n) is 6.95. The van der Waals surface area contributed by atoms with E-state index in [2.05, 4.69) is 0 Å². The van der Waals surface area contributed by atoms with E-state index in [0.717, 1.165) is 25.7 Å². The number of carbonyl (C=O) groups is 2. The molecule has 0 bridgehead atoms. The zero-order chi connectivity index (χ0) is 13.5. The van der Waals surface area contributed by atoms with Crippen LogP contribution in [0.5, 0.6) is 0 Å². The van der Waals surface area contributed by atoms with Gasteiger partial charge >= 0.3 is 5.97 Å². The zero-order valence-corrected chi connectivity index (χ0v) is 11.8. The predicted octanol–water partition coefficient (Wildman–Crippen LogP) is 2.37. The first kappa shape index (κ1) is 15.0. The van der Waals surface area contributed by atoms with E-state index in [1.165, 1.54) is 6.42 Å². The smallest absolute Gasteiger partial charge is 0.306 e. The Hall–Kier alpha value is -1.06. The average Bonchev–Trinajstić information content (AvgIpc) is 2.36. The molecule has 0 radical (unpaired) electrons. The maximum atomic E-state index is 11.8. The van der Waals surface area contributed by atoms with Crippen molar-refractivity contribution in [1.82, 2.24) is 4.90 Å². The summed E-state index contributed by atoms with van der Waals surface area (Å²) in [7, 11) is 3.44. The van der Waals surface area contributed by atoms with Gasteiger partial charge in [0.15, 0.2) is 0 Å². The number of ether oxygens (including phenoxy) is 1. The maximum Gasteiger partial charge on any atom is 0.306 e. The predicted molar refractivity (Wildman–Crippen MR) is 70.1 cm³/mol.